The van der Waals surface area contributed by atoms with E-state index in [0.29, 0.717) is 0 Å². The van der Waals surface area contributed by atoms with Crippen LogP contribution in [0.4, 0.5) is 17.6 Å². The highest BCUT2D eigenvalue weighted by Crippen LogP contribution is 2.32. The van der Waals surface area contributed by atoms with Gasteiger partial charge in [0.05, 0.1) is 5.56 Å². The van der Waals surface area contributed by atoms with Gasteiger partial charge >= 0.3 is 6.18 Å². The van der Waals surface area contributed by atoms with Crippen molar-refractivity contribution in [3.8, 4) is 0 Å². The van der Waals surface area contributed by atoms with E-state index in [1.807, 2.05) is 0 Å². The lowest BCUT2D eigenvalue weighted by molar-refractivity contribution is -0.137. The van der Waals surface area contributed by atoms with Crippen LogP contribution >= 0.6 is 15.9 Å². The lowest BCUT2D eigenvalue weighted by Gasteiger charge is -2.10. The minimum absolute atomic E-state index is 0.117. The number of carbonyl (C=O) groups is 1. The molecule has 2 aromatic carbocycles. The van der Waals surface area contributed by atoms with E-state index in [4.69, 9.17) is 0 Å². The van der Waals surface area contributed by atoms with Crippen molar-refractivity contribution in [2.24, 2.45) is 0 Å². The van der Waals surface area contributed by atoms with Crippen LogP contribution < -0.4 is 0 Å². The summed E-state index contributed by atoms with van der Waals surface area (Å²) in [6, 6.07) is 7.43. The third-order valence-electron chi connectivity index (χ3n) is 2.64. The summed E-state index contributed by atoms with van der Waals surface area (Å²) in [6.45, 7) is 0. The number of hydrogen-bond donors (Lipinski definition) is 0. The molecule has 2 aromatic rings. The average molecular weight is 347 g/mol. The zero-order chi connectivity index (χ0) is 14.9. The lowest BCUT2D eigenvalue weighted by Crippen LogP contribution is -2.09. The van der Waals surface area contributed by atoms with Crippen LogP contribution in [0.5, 0.6) is 0 Å². The van der Waals surface area contributed by atoms with Gasteiger partial charge in [-0.15, -0.1) is 0 Å². The highest BCUT2D eigenvalue weighted by atomic mass is 79.9. The van der Waals surface area contributed by atoms with Gasteiger partial charge in [-0.3, -0.25) is 4.79 Å². The quantitative estimate of drug-likeness (QED) is 0.561. The molecule has 0 unspecified atom stereocenters. The first-order chi connectivity index (χ1) is 9.29. The number of halogens is 5. The first kappa shape index (κ1) is 14.7. The van der Waals surface area contributed by atoms with Crippen LogP contribution in [0.15, 0.2) is 46.9 Å². The predicted octanol–water partition coefficient (Wildman–Crippen LogP) is 4.84. The molecule has 0 N–H and O–H groups in total. The Labute approximate surface area is 120 Å². The van der Waals surface area contributed by atoms with E-state index in [0.717, 1.165) is 24.3 Å². The summed E-state index contributed by atoms with van der Waals surface area (Å²) in [7, 11) is 0. The summed E-state index contributed by atoms with van der Waals surface area (Å²) in [5.41, 5.74) is -0.913. The van der Waals surface area contributed by atoms with Crippen molar-refractivity contribution in [2.75, 3.05) is 0 Å². The SMILES string of the molecule is O=C(c1ccc(F)cc1)c1cc(C(F)(F)F)ccc1Br. The van der Waals surface area contributed by atoms with Crippen molar-refractivity contribution in [1.82, 2.24) is 0 Å². The molecule has 0 aliphatic rings. The van der Waals surface area contributed by atoms with Crippen LogP contribution in [-0.4, -0.2) is 5.78 Å². The lowest BCUT2D eigenvalue weighted by atomic mass is 10.0. The van der Waals surface area contributed by atoms with Gasteiger partial charge in [0, 0.05) is 15.6 Å². The fraction of sp³-hybridized carbons (Fsp3) is 0.0714. The molecule has 104 valence electrons. The third-order valence-corrected chi connectivity index (χ3v) is 3.34. The van der Waals surface area contributed by atoms with Crippen LogP contribution in [0.1, 0.15) is 21.5 Å². The summed E-state index contributed by atoms with van der Waals surface area (Å²) in [5, 5.41) is 0. The number of benzene rings is 2. The maximum absolute atomic E-state index is 12.8. The van der Waals surface area contributed by atoms with Crippen molar-refractivity contribution in [3.63, 3.8) is 0 Å². The van der Waals surface area contributed by atoms with Gasteiger partial charge in [-0.05, 0) is 42.5 Å². The van der Waals surface area contributed by atoms with E-state index in [9.17, 15) is 22.4 Å². The Hall–Kier alpha value is -1.69. The van der Waals surface area contributed by atoms with E-state index in [1.165, 1.54) is 18.2 Å². The van der Waals surface area contributed by atoms with E-state index in [2.05, 4.69) is 15.9 Å². The molecule has 0 atom stereocenters. The van der Waals surface area contributed by atoms with E-state index in [1.54, 1.807) is 0 Å². The highest BCUT2D eigenvalue weighted by Gasteiger charge is 2.31. The molecule has 0 amide bonds. The predicted molar refractivity (Wildman–Crippen MR) is 69.0 cm³/mol. The molecular formula is C14H7BrF4O. The molecule has 1 nitrogen and oxygen atoms in total. The minimum Gasteiger partial charge on any atom is -0.289 e. The van der Waals surface area contributed by atoms with Crippen LogP contribution in [0.3, 0.4) is 0 Å². The van der Waals surface area contributed by atoms with Gasteiger partial charge < -0.3 is 0 Å². The average Bonchev–Trinajstić information content (AvgIpc) is 2.38. The maximum atomic E-state index is 12.8. The summed E-state index contributed by atoms with van der Waals surface area (Å²) in [4.78, 5) is 12.1. The number of alkyl halides is 3. The number of hydrogen-bond acceptors (Lipinski definition) is 1. The number of carbonyl (C=O) groups excluding carboxylic acids is 1. The molecule has 0 bridgehead atoms. The number of rotatable bonds is 2. The molecule has 0 aromatic heterocycles. The molecule has 0 heterocycles. The second kappa shape index (κ2) is 5.36. The standard InChI is InChI=1S/C14H7BrF4O/c15-12-6-3-9(14(17,18)19)7-11(12)13(20)8-1-4-10(16)5-2-8/h1-7H. The molecule has 20 heavy (non-hydrogen) atoms. The Bertz CT molecular complexity index is 647. The summed E-state index contributed by atoms with van der Waals surface area (Å²) < 4.78 is 51.0. The van der Waals surface area contributed by atoms with Gasteiger partial charge in [0.2, 0.25) is 0 Å². The van der Waals surface area contributed by atoms with Crippen molar-refractivity contribution in [1.29, 1.82) is 0 Å². The second-order valence-corrected chi connectivity index (χ2v) is 4.88. The zero-order valence-corrected chi connectivity index (χ0v) is 11.4. The largest absolute Gasteiger partial charge is 0.416 e. The monoisotopic (exact) mass is 346 g/mol. The first-order valence-electron chi connectivity index (χ1n) is 5.46. The molecular weight excluding hydrogens is 340 g/mol. The van der Waals surface area contributed by atoms with Gasteiger partial charge in [0.1, 0.15) is 5.82 Å². The fourth-order valence-electron chi connectivity index (χ4n) is 1.63. The molecule has 0 aliphatic carbocycles. The minimum atomic E-state index is -4.53. The fourth-order valence-corrected chi connectivity index (χ4v) is 2.06. The van der Waals surface area contributed by atoms with E-state index >= 15 is 0 Å². The first-order valence-corrected chi connectivity index (χ1v) is 6.25. The number of ketones is 1. The van der Waals surface area contributed by atoms with Gasteiger partial charge in [-0.25, -0.2) is 4.39 Å². The van der Waals surface area contributed by atoms with Crippen molar-refractivity contribution >= 4 is 21.7 Å². The normalized spacial score (nSPS) is 11.4. The van der Waals surface area contributed by atoms with E-state index < -0.39 is 23.3 Å². The molecule has 0 spiro atoms. The Morgan fingerprint density at radius 3 is 2.15 bits per heavy atom. The Kier molecular flexibility index (Phi) is 3.94. The maximum Gasteiger partial charge on any atom is 0.416 e. The van der Waals surface area contributed by atoms with Gasteiger partial charge in [-0.2, -0.15) is 13.2 Å². The summed E-state index contributed by atoms with van der Waals surface area (Å²) in [6.07, 6.45) is -4.53. The van der Waals surface area contributed by atoms with Crippen LogP contribution in [0, 0.1) is 5.82 Å². The highest BCUT2D eigenvalue weighted by molar-refractivity contribution is 9.10. The molecule has 0 radical (unpaired) electrons. The van der Waals surface area contributed by atoms with E-state index in [-0.39, 0.29) is 15.6 Å². The Balaban J connectivity index is 2.46. The van der Waals surface area contributed by atoms with Gasteiger partial charge in [0.25, 0.3) is 0 Å². The Morgan fingerprint density at radius 2 is 1.60 bits per heavy atom. The molecule has 0 saturated heterocycles. The summed E-state index contributed by atoms with van der Waals surface area (Å²) >= 11 is 3.05. The molecule has 2 rings (SSSR count). The van der Waals surface area contributed by atoms with Crippen molar-refractivity contribution < 1.29 is 22.4 Å². The van der Waals surface area contributed by atoms with Crippen LogP contribution in [0.25, 0.3) is 0 Å². The molecule has 0 saturated carbocycles. The topological polar surface area (TPSA) is 17.1 Å². The zero-order valence-electron chi connectivity index (χ0n) is 9.84. The van der Waals surface area contributed by atoms with Crippen LogP contribution in [0.2, 0.25) is 0 Å². The van der Waals surface area contributed by atoms with Crippen LogP contribution in [-0.2, 0) is 6.18 Å². The molecule has 6 heteroatoms. The third kappa shape index (κ3) is 3.07. The Morgan fingerprint density at radius 1 is 1.00 bits per heavy atom. The van der Waals surface area contributed by atoms with Crippen molar-refractivity contribution in [3.05, 3.63) is 69.4 Å². The second-order valence-electron chi connectivity index (χ2n) is 4.03. The molecule has 0 fully saturated rings. The summed E-state index contributed by atoms with van der Waals surface area (Å²) in [5.74, 6) is -1.13. The van der Waals surface area contributed by atoms with Crippen molar-refractivity contribution in [2.45, 2.75) is 6.18 Å². The smallest absolute Gasteiger partial charge is 0.289 e. The van der Waals surface area contributed by atoms with Gasteiger partial charge in [0.15, 0.2) is 5.78 Å². The van der Waals surface area contributed by atoms with Gasteiger partial charge in [-0.1, -0.05) is 15.9 Å². The molecule has 0 aliphatic heterocycles.